The molecular formula is C16H12F2O2. The Morgan fingerprint density at radius 3 is 2.45 bits per heavy atom. The molecule has 4 heteroatoms. The zero-order valence-electron chi connectivity index (χ0n) is 10.6. The maximum absolute atomic E-state index is 13.4. The van der Waals surface area contributed by atoms with Gasteiger partial charge in [-0.3, -0.25) is 0 Å². The van der Waals surface area contributed by atoms with Gasteiger partial charge < -0.3 is 9.84 Å². The van der Waals surface area contributed by atoms with Gasteiger partial charge in [0.2, 0.25) is 0 Å². The van der Waals surface area contributed by atoms with Crippen molar-refractivity contribution in [2.45, 2.75) is 6.61 Å². The van der Waals surface area contributed by atoms with E-state index >= 15 is 0 Å². The lowest BCUT2D eigenvalue weighted by Crippen LogP contribution is -2.01. The Balaban J connectivity index is 2.11. The first-order chi connectivity index (χ1) is 9.70. The number of benzene rings is 2. The number of aliphatic hydroxyl groups is 1. The first-order valence-corrected chi connectivity index (χ1v) is 5.96. The van der Waals surface area contributed by atoms with Crippen LogP contribution in [0.3, 0.4) is 0 Å². The largest absolute Gasteiger partial charge is 0.489 e. The van der Waals surface area contributed by atoms with Crippen LogP contribution >= 0.6 is 0 Å². The normalized spacial score (nSPS) is 9.75. The molecule has 1 N–H and O–H groups in total. The highest BCUT2D eigenvalue weighted by Crippen LogP contribution is 2.17. The summed E-state index contributed by atoms with van der Waals surface area (Å²) in [5.41, 5.74) is 0.546. The fourth-order valence-corrected chi connectivity index (χ4v) is 1.63. The minimum absolute atomic E-state index is 0.112. The molecule has 0 aliphatic carbocycles. The number of ether oxygens (including phenoxy) is 1. The second kappa shape index (κ2) is 6.69. The van der Waals surface area contributed by atoms with E-state index in [9.17, 15) is 8.78 Å². The van der Waals surface area contributed by atoms with Crippen molar-refractivity contribution < 1.29 is 18.6 Å². The highest BCUT2D eigenvalue weighted by molar-refractivity contribution is 5.39. The smallest absolute Gasteiger partial charge is 0.132 e. The van der Waals surface area contributed by atoms with Gasteiger partial charge in [-0.1, -0.05) is 24.0 Å². The van der Waals surface area contributed by atoms with Crippen molar-refractivity contribution in [3.63, 3.8) is 0 Å². The summed E-state index contributed by atoms with van der Waals surface area (Å²) in [6, 6.07) is 10.5. The van der Waals surface area contributed by atoms with Gasteiger partial charge in [0.25, 0.3) is 0 Å². The Hall–Kier alpha value is -2.38. The molecule has 0 radical (unpaired) electrons. The molecule has 0 aliphatic rings. The van der Waals surface area contributed by atoms with E-state index in [1.165, 1.54) is 18.2 Å². The number of aliphatic hydroxyl groups excluding tert-OH is 1. The van der Waals surface area contributed by atoms with E-state index < -0.39 is 11.6 Å². The molecule has 102 valence electrons. The van der Waals surface area contributed by atoms with Gasteiger partial charge in [0.05, 0.1) is 5.56 Å². The van der Waals surface area contributed by atoms with Crippen LogP contribution in [0.15, 0.2) is 42.5 Å². The SMILES string of the molecule is OCC#Cc1cccc(OCc2c(F)cccc2F)c1. The summed E-state index contributed by atoms with van der Waals surface area (Å²) >= 11 is 0. The van der Waals surface area contributed by atoms with Crippen LogP contribution < -0.4 is 4.74 Å². The van der Waals surface area contributed by atoms with Crippen molar-refractivity contribution in [3.8, 4) is 17.6 Å². The zero-order chi connectivity index (χ0) is 14.4. The predicted octanol–water partition coefficient (Wildman–Crippen LogP) is 2.89. The molecule has 0 aliphatic heterocycles. The standard InChI is InChI=1S/C16H12F2O2/c17-15-7-2-8-16(18)14(15)11-20-13-6-1-4-12(10-13)5-3-9-19/h1-2,4,6-8,10,19H,9,11H2. The van der Waals surface area contributed by atoms with E-state index in [1.54, 1.807) is 24.3 Å². The molecule has 0 unspecified atom stereocenters. The van der Waals surface area contributed by atoms with Gasteiger partial charge in [0.15, 0.2) is 0 Å². The van der Waals surface area contributed by atoms with E-state index in [2.05, 4.69) is 11.8 Å². The van der Waals surface area contributed by atoms with Gasteiger partial charge in [-0.2, -0.15) is 0 Å². The van der Waals surface area contributed by atoms with E-state index in [1.807, 2.05) is 0 Å². The fraction of sp³-hybridized carbons (Fsp3) is 0.125. The molecule has 0 bridgehead atoms. The zero-order valence-corrected chi connectivity index (χ0v) is 10.6. The lowest BCUT2D eigenvalue weighted by molar-refractivity contribution is 0.292. The van der Waals surface area contributed by atoms with E-state index in [-0.39, 0.29) is 18.8 Å². The summed E-state index contributed by atoms with van der Waals surface area (Å²) in [6.45, 7) is -0.430. The predicted molar refractivity (Wildman–Crippen MR) is 71.1 cm³/mol. The Morgan fingerprint density at radius 1 is 1.05 bits per heavy atom. The molecular weight excluding hydrogens is 262 g/mol. The van der Waals surface area contributed by atoms with E-state index in [4.69, 9.17) is 9.84 Å². The molecule has 0 spiro atoms. The minimum Gasteiger partial charge on any atom is -0.489 e. The van der Waals surface area contributed by atoms with Crippen molar-refractivity contribution in [1.29, 1.82) is 0 Å². The molecule has 0 saturated heterocycles. The van der Waals surface area contributed by atoms with E-state index in [0.29, 0.717) is 11.3 Å². The van der Waals surface area contributed by atoms with Crippen molar-refractivity contribution >= 4 is 0 Å². The topological polar surface area (TPSA) is 29.5 Å². The van der Waals surface area contributed by atoms with Crippen LogP contribution in [0.5, 0.6) is 5.75 Å². The minimum atomic E-state index is -0.638. The molecule has 0 heterocycles. The van der Waals surface area contributed by atoms with Crippen LogP contribution in [0.2, 0.25) is 0 Å². The van der Waals surface area contributed by atoms with Crippen LogP contribution in [-0.4, -0.2) is 11.7 Å². The number of hydrogen-bond donors (Lipinski definition) is 1. The molecule has 0 saturated carbocycles. The number of halogens is 2. The molecule has 20 heavy (non-hydrogen) atoms. The second-order valence-electron chi connectivity index (χ2n) is 3.98. The molecule has 2 rings (SSSR count). The second-order valence-corrected chi connectivity index (χ2v) is 3.98. The summed E-state index contributed by atoms with van der Waals surface area (Å²) in [4.78, 5) is 0. The Morgan fingerprint density at radius 2 is 1.75 bits per heavy atom. The third kappa shape index (κ3) is 3.56. The average molecular weight is 274 g/mol. The summed E-state index contributed by atoms with van der Waals surface area (Å²) in [7, 11) is 0. The summed E-state index contributed by atoms with van der Waals surface area (Å²) in [6.07, 6.45) is 0. The Bertz CT molecular complexity index is 637. The van der Waals surface area contributed by atoms with Gasteiger partial charge in [0.1, 0.15) is 30.6 Å². The van der Waals surface area contributed by atoms with Gasteiger partial charge in [0, 0.05) is 5.56 Å². The lowest BCUT2D eigenvalue weighted by atomic mass is 10.2. The van der Waals surface area contributed by atoms with Crippen molar-refractivity contribution in [2.75, 3.05) is 6.61 Å². The summed E-state index contributed by atoms with van der Waals surface area (Å²) in [5, 5.41) is 8.62. The molecule has 2 nitrogen and oxygen atoms in total. The quantitative estimate of drug-likeness (QED) is 0.872. The fourth-order valence-electron chi connectivity index (χ4n) is 1.63. The lowest BCUT2D eigenvalue weighted by Gasteiger charge is -2.08. The maximum Gasteiger partial charge on any atom is 0.132 e. The van der Waals surface area contributed by atoms with E-state index in [0.717, 1.165) is 0 Å². The highest BCUT2D eigenvalue weighted by Gasteiger charge is 2.08. The average Bonchev–Trinajstić information content (AvgIpc) is 2.45. The maximum atomic E-state index is 13.4. The third-order valence-corrected chi connectivity index (χ3v) is 2.59. The molecule has 0 amide bonds. The summed E-state index contributed by atoms with van der Waals surface area (Å²) < 4.78 is 32.2. The molecule has 0 aromatic heterocycles. The van der Waals surface area contributed by atoms with Crippen LogP contribution in [-0.2, 0) is 6.61 Å². The van der Waals surface area contributed by atoms with Gasteiger partial charge in [-0.05, 0) is 30.3 Å². The van der Waals surface area contributed by atoms with Crippen LogP contribution in [0.4, 0.5) is 8.78 Å². The monoisotopic (exact) mass is 274 g/mol. The first kappa shape index (κ1) is 14.0. The van der Waals surface area contributed by atoms with Crippen LogP contribution in [0.1, 0.15) is 11.1 Å². The highest BCUT2D eigenvalue weighted by atomic mass is 19.1. The van der Waals surface area contributed by atoms with Crippen molar-refractivity contribution in [2.24, 2.45) is 0 Å². The Kier molecular flexibility index (Phi) is 4.70. The third-order valence-electron chi connectivity index (χ3n) is 2.59. The van der Waals surface area contributed by atoms with Gasteiger partial charge in [-0.15, -0.1) is 0 Å². The van der Waals surface area contributed by atoms with Crippen molar-refractivity contribution in [1.82, 2.24) is 0 Å². The number of rotatable bonds is 3. The molecule has 0 atom stereocenters. The Labute approximate surface area is 115 Å². The first-order valence-electron chi connectivity index (χ1n) is 5.96. The molecule has 0 fully saturated rings. The summed E-state index contributed by atoms with van der Waals surface area (Å²) in [5.74, 6) is 4.42. The van der Waals surface area contributed by atoms with Crippen LogP contribution in [0, 0.1) is 23.5 Å². The van der Waals surface area contributed by atoms with Gasteiger partial charge in [-0.25, -0.2) is 8.78 Å². The van der Waals surface area contributed by atoms with Crippen molar-refractivity contribution in [3.05, 3.63) is 65.2 Å². The number of hydrogen-bond acceptors (Lipinski definition) is 2. The molecule has 2 aromatic rings. The molecule has 2 aromatic carbocycles. The van der Waals surface area contributed by atoms with Gasteiger partial charge >= 0.3 is 0 Å². The van der Waals surface area contributed by atoms with Crippen LogP contribution in [0.25, 0.3) is 0 Å².